The van der Waals surface area contributed by atoms with Gasteiger partial charge in [0.2, 0.25) is 5.91 Å². The fourth-order valence-corrected chi connectivity index (χ4v) is 2.17. The minimum absolute atomic E-state index is 0.371. The molecular weight excluding hydrogens is 258 g/mol. The van der Waals surface area contributed by atoms with Crippen molar-refractivity contribution in [2.24, 2.45) is 5.41 Å². The number of carboxylic acids is 1. The van der Waals surface area contributed by atoms with Crippen molar-refractivity contribution in [3.8, 4) is 5.75 Å². The molecule has 0 unspecified atom stereocenters. The van der Waals surface area contributed by atoms with Crippen LogP contribution in [-0.4, -0.2) is 30.6 Å². The average Bonchev–Trinajstić information content (AvgIpc) is 3.22. The smallest absolute Gasteiger partial charge is 0.319 e. The van der Waals surface area contributed by atoms with E-state index in [4.69, 9.17) is 9.84 Å². The minimum Gasteiger partial charge on any atom is -0.496 e. The first-order valence-electron chi connectivity index (χ1n) is 6.65. The second kappa shape index (κ2) is 5.53. The SMILES string of the molecule is COc1cc(CCNC(=O)C2(C(=O)O)CC2)ccc1C. The highest BCUT2D eigenvalue weighted by Crippen LogP contribution is 2.46. The summed E-state index contributed by atoms with van der Waals surface area (Å²) in [5.74, 6) is -0.575. The number of methoxy groups -OCH3 is 1. The largest absolute Gasteiger partial charge is 0.496 e. The maximum atomic E-state index is 11.8. The van der Waals surface area contributed by atoms with Gasteiger partial charge in [-0.1, -0.05) is 12.1 Å². The number of nitrogens with one attached hydrogen (secondary N) is 1. The summed E-state index contributed by atoms with van der Waals surface area (Å²) >= 11 is 0. The summed E-state index contributed by atoms with van der Waals surface area (Å²) in [5.41, 5.74) is 0.946. The van der Waals surface area contributed by atoms with Crippen molar-refractivity contribution in [3.05, 3.63) is 29.3 Å². The van der Waals surface area contributed by atoms with Crippen molar-refractivity contribution in [1.82, 2.24) is 5.32 Å². The molecule has 2 rings (SSSR count). The summed E-state index contributed by atoms with van der Waals surface area (Å²) in [6.07, 6.45) is 1.52. The van der Waals surface area contributed by atoms with Crippen molar-refractivity contribution in [2.75, 3.05) is 13.7 Å². The van der Waals surface area contributed by atoms with Gasteiger partial charge in [0, 0.05) is 6.54 Å². The van der Waals surface area contributed by atoms with Crippen LogP contribution >= 0.6 is 0 Å². The standard InChI is InChI=1S/C15H19NO4/c1-10-3-4-11(9-12(10)20-2)5-8-16-13(17)15(6-7-15)14(18)19/h3-4,9H,5-8H2,1-2H3,(H,16,17)(H,18,19). The normalized spacial score (nSPS) is 15.5. The molecule has 0 heterocycles. The lowest BCUT2D eigenvalue weighted by molar-refractivity contribution is -0.149. The first-order valence-corrected chi connectivity index (χ1v) is 6.65. The highest BCUT2D eigenvalue weighted by Gasteiger charge is 2.56. The lowest BCUT2D eigenvalue weighted by Crippen LogP contribution is -2.37. The number of carbonyl (C=O) groups excluding carboxylic acids is 1. The van der Waals surface area contributed by atoms with Crippen molar-refractivity contribution in [1.29, 1.82) is 0 Å². The van der Waals surface area contributed by atoms with E-state index in [-0.39, 0.29) is 5.91 Å². The number of amides is 1. The van der Waals surface area contributed by atoms with E-state index in [2.05, 4.69) is 5.32 Å². The van der Waals surface area contributed by atoms with E-state index >= 15 is 0 Å². The quantitative estimate of drug-likeness (QED) is 0.773. The van der Waals surface area contributed by atoms with E-state index in [0.717, 1.165) is 16.9 Å². The van der Waals surface area contributed by atoms with Gasteiger partial charge in [0.25, 0.3) is 0 Å². The van der Waals surface area contributed by atoms with Crippen molar-refractivity contribution in [2.45, 2.75) is 26.2 Å². The zero-order chi connectivity index (χ0) is 14.8. The topological polar surface area (TPSA) is 75.6 Å². The Hall–Kier alpha value is -2.04. The molecule has 0 aromatic heterocycles. The second-order valence-electron chi connectivity index (χ2n) is 5.20. The van der Waals surface area contributed by atoms with Crippen molar-refractivity contribution >= 4 is 11.9 Å². The van der Waals surface area contributed by atoms with Crippen LogP contribution in [-0.2, 0) is 16.0 Å². The third-order valence-electron chi connectivity index (χ3n) is 3.77. The molecule has 0 atom stereocenters. The van der Waals surface area contributed by atoms with Crippen LogP contribution in [0.15, 0.2) is 18.2 Å². The van der Waals surface area contributed by atoms with Gasteiger partial charge in [0.1, 0.15) is 11.2 Å². The molecule has 0 aliphatic heterocycles. The zero-order valence-electron chi connectivity index (χ0n) is 11.7. The number of aryl methyl sites for hydroxylation is 1. The number of carbonyl (C=O) groups is 2. The molecule has 1 saturated carbocycles. The molecule has 1 fully saturated rings. The molecule has 2 N–H and O–H groups in total. The predicted molar refractivity (Wildman–Crippen MR) is 73.7 cm³/mol. The molecule has 5 nitrogen and oxygen atoms in total. The summed E-state index contributed by atoms with van der Waals surface area (Å²) in [5, 5.41) is 11.7. The van der Waals surface area contributed by atoms with E-state index in [1.165, 1.54) is 0 Å². The number of hydrogen-bond donors (Lipinski definition) is 2. The molecule has 0 bridgehead atoms. The molecule has 0 saturated heterocycles. The van der Waals surface area contributed by atoms with Crippen LogP contribution in [0.5, 0.6) is 5.75 Å². The average molecular weight is 277 g/mol. The molecule has 1 amide bonds. The Kier molecular flexibility index (Phi) is 3.97. The lowest BCUT2D eigenvalue weighted by Gasteiger charge is -2.11. The fraction of sp³-hybridized carbons (Fsp3) is 0.467. The second-order valence-corrected chi connectivity index (χ2v) is 5.20. The monoisotopic (exact) mass is 277 g/mol. The van der Waals surface area contributed by atoms with E-state index in [0.29, 0.717) is 25.8 Å². The molecule has 1 aromatic rings. The van der Waals surface area contributed by atoms with Gasteiger partial charge in [-0.2, -0.15) is 0 Å². The molecular formula is C15H19NO4. The summed E-state index contributed by atoms with van der Waals surface area (Å²) < 4.78 is 5.24. The van der Waals surface area contributed by atoms with E-state index in [1.807, 2.05) is 25.1 Å². The van der Waals surface area contributed by atoms with Crippen LogP contribution < -0.4 is 10.1 Å². The first kappa shape index (κ1) is 14.4. The first-order chi connectivity index (χ1) is 9.49. The van der Waals surface area contributed by atoms with Gasteiger partial charge in [-0.25, -0.2) is 0 Å². The fourth-order valence-electron chi connectivity index (χ4n) is 2.17. The number of benzene rings is 1. The third kappa shape index (κ3) is 2.76. The molecule has 108 valence electrons. The van der Waals surface area contributed by atoms with Gasteiger partial charge in [0.15, 0.2) is 0 Å². The Bertz CT molecular complexity index is 535. The number of rotatable bonds is 6. The lowest BCUT2D eigenvalue weighted by atomic mass is 10.1. The van der Waals surface area contributed by atoms with Gasteiger partial charge in [-0.05, 0) is 43.4 Å². The molecule has 0 spiro atoms. The van der Waals surface area contributed by atoms with Gasteiger partial charge in [-0.3, -0.25) is 9.59 Å². The highest BCUT2D eigenvalue weighted by atomic mass is 16.5. The van der Waals surface area contributed by atoms with Gasteiger partial charge in [0.05, 0.1) is 7.11 Å². The molecule has 1 aromatic carbocycles. The maximum Gasteiger partial charge on any atom is 0.319 e. The molecule has 5 heteroatoms. The predicted octanol–water partition coefficient (Wildman–Crippen LogP) is 1.53. The van der Waals surface area contributed by atoms with Crippen LogP contribution in [0.3, 0.4) is 0 Å². The molecule has 20 heavy (non-hydrogen) atoms. The Morgan fingerprint density at radius 2 is 2.10 bits per heavy atom. The number of aliphatic carboxylic acids is 1. The number of hydrogen-bond acceptors (Lipinski definition) is 3. The third-order valence-corrected chi connectivity index (χ3v) is 3.77. The van der Waals surface area contributed by atoms with Crippen LogP contribution in [0, 0.1) is 12.3 Å². The van der Waals surface area contributed by atoms with Gasteiger partial charge < -0.3 is 15.2 Å². The van der Waals surface area contributed by atoms with Crippen LogP contribution in [0.4, 0.5) is 0 Å². The van der Waals surface area contributed by atoms with Crippen LogP contribution in [0.25, 0.3) is 0 Å². The molecule has 1 aliphatic carbocycles. The summed E-state index contributed by atoms with van der Waals surface area (Å²) in [4.78, 5) is 22.8. The summed E-state index contributed by atoms with van der Waals surface area (Å²) in [6, 6.07) is 5.88. The zero-order valence-corrected chi connectivity index (χ0v) is 11.7. The van der Waals surface area contributed by atoms with E-state index in [9.17, 15) is 9.59 Å². The van der Waals surface area contributed by atoms with Crippen molar-refractivity contribution in [3.63, 3.8) is 0 Å². The molecule has 0 radical (unpaired) electrons. The number of carboxylic acid groups (broad SMARTS) is 1. The Balaban J connectivity index is 1.87. The van der Waals surface area contributed by atoms with Crippen LogP contribution in [0.1, 0.15) is 24.0 Å². The van der Waals surface area contributed by atoms with E-state index < -0.39 is 11.4 Å². The molecule has 1 aliphatic rings. The highest BCUT2D eigenvalue weighted by molar-refractivity contribution is 6.04. The van der Waals surface area contributed by atoms with Crippen molar-refractivity contribution < 1.29 is 19.4 Å². The Morgan fingerprint density at radius 1 is 1.40 bits per heavy atom. The van der Waals surface area contributed by atoms with E-state index in [1.54, 1.807) is 7.11 Å². The maximum absolute atomic E-state index is 11.8. The summed E-state index contributed by atoms with van der Waals surface area (Å²) in [6.45, 7) is 2.40. The summed E-state index contributed by atoms with van der Waals surface area (Å²) in [7, 11) is 1.62. The Labute approximate surface area is 117 Å². The minimum atomic E-state index is -1.16. The van der Waals surface area contributed by atoms with Gasteiger partial charge in [-0.15, -0.1) is 0 Å². The Morgan fingerprint density at radius 3 is 2.65 bits per heavy atom. The number of ether oxygens (including phenoxy) is 1. The van der Waals surface area contributed by atoms with Crippen LogP contribution in [0.2, 0.25) is 0 Å². The van der Waals surface area contributed by atoms with Gasteiger partial charge >= 0.3 is 5.97 Å².